The molecular formula is C26H18N2O6. The van der Waals surface area contributed by atoms with Gasteiger partial charge in [-0.3, -0.25) is 9.59 Å². The highest BCUT2D eigenvalue weighted by Gasteiger charge is 2.82. The maximum Gasteiger partial charge on any atom is 0.198 e. The Morgan fingerprint density at radius 2 is 1.79 bits per heavy atom. The van der Waals surface area contributed by atoms with Crippen molar-refractivity contribution in [1.82, 2.24) is 0 Å². The number of phenols is 1. The average Bonchev–Trinajstić information content (AvgIpc) is 3.53. The van der Waals surface area contributed by atoms with E-state index in [0.29, 0.717) is 5.69 Å². The number of carbonyl (C=O) groups is 2. The first-order chi connectivity index (χ1) is 16.2. The minimum absolute atomic E-state index is 0.0501. The number of hydrogen-bond acceptors (Lipinski definition) is 8. The van der Waals surface area contributed by atoms with E-state index in [1.165, 1.54) is 43.3 Å². The van der Waals surface area contributed by atoms with Crippen LogP contribution < -0.4 is 11.1 Å². The third-order valence-corrected chi connectivity index (χ3v) is 6.98. The summed E-state index contributed by atoms with van der Waals surface area (Å²) in [6.45, 7) is 1.51. The van der Waals surface area contributed by atoms with Gasteiger partial charge >= 0.3 is 0 Å². The van der Waals surface area contributed by atoms with Gasteiger partial charge in [-0.1, -0.05) is 23.7 Å². The number of benzene rings is 2. The van der Waals surface area contributed by atoms with Crippen molar-refractivity contribution in [2.24, 2.45) is 0 Å². The molecule has 168 valence electrons. The van der Waals surface area contributed by atoms with Gasteiger partial charge in [-0.05, 0) is 43.3 Å². The minimum atomic E-state index is -1.59. The lowest BCUT2D eigenvalue weighted by Gasteiger charge is -2.37. The summed E-state index contributed by atoms with van der Waals surface area (Å²) in [5.74, 6) is 9.71. The fraction of sp³-hybridized carbons (Fsp3) is 0.231. The van der Waals surface area contributed by atoms with E-state index in [1.54, 1.807) is 0 Å². The molecule has 0 saturated carbocycles. The maximum absolute atomic E-state index is 13.6. The molecule has 4 aliphatic rings. The number of nitrogen functional groups attached to an aromatic ring is 1. The van der Waals surface area contributed by atoms with Crippen molar-refractivity contribution < 1.29 is 29.6 Å². The van der Waals surface area contributed by atoms with E-state index < -0.39 is 46.8 Å². The van der Waals surface area contributed by atoms with Gasteiger partial charge in [-0.25, -0.2) is 0 Å². The van der Waals surface area contributed by atoms with Crippen molar-refractivity contribution in [1.29, 1.82) is 0 Å². The van der Waals surface area contributed by atoms with Crippen LogP contribution in [0.5, 0.6) is 5.75 Å². The molecule has 1 saturated heterocycles. The summed E-state index contributed by atoms with van der Waals surface area (Å²) in [5, 5.41) is 36.0. The van der Waals surface area contributed by atoms with Gasteiger partial charge in [0.2, 0.25) is 0 Å². The summed E-state index contributed by atoms with van der Waals surface area (Å²) in [5.41, 5.74) is 3.58. The number of phenolic OH excluding ortho intramolecular Hbond substituents is 1. The molecule has 34 heavy (non-hydrogen) atoms. The number of rotatable bonds is 1. The number of aliphatic hydroxyl groups is 2. The number of allylic oxidation sites excluding steroid dienone is 2. The van der Waals surface area contributed by atoms with Gasteiger partial charge in [-0.15, -0.1) is 0 Å². The Hall–Kier alpha value is -4.08. The predicted molar refractivity (Wildman–Crippen MR) is 121 cm³/mol. The number of nitrogens with two attached hydrogens (primary N) is 1. The Morgan fingerprint density at radius 1 is 1.09 bits per heavy atom. The molecule has 0 spiro atoms. The summed E-state index contributed by atoms with van der Waals surface area (Å²) in [6.07, 6.45) is 0.459. The normalized spacial score (nSPS) is 30.1. The van der Waals surface area contributed by atoms with Crippen molar-refractivity contribution >= 4 is 22.9 Å². The predicted octanol–water partition coefficient (Wildman–Crippen LogP) is 0.826. The fourth-order valence-electron chi connectivity index (χ4n) is 5.46. The summed E-state index contributed by atoms with van der Waals surface area (Å²) in [7, 11) is 0. The third kappa shape index (κ3) is 2.25. The van der Waals surface area contributed by atoms with Crippen LogP contribution >= 0.6 is 0 Å². The van der Waals surface area contributed by atoms with Crippen LogP contribution in [-0.4, -0.2) is 50.7 Å². The number of ketones is 2. The molecule has 0 aromatic heterocycles. The number of ether oxygens (including phenoxy) is 1. The smallest absolute Gasteiger partial charge is 0.198 e. The Kier molecular flexibility index (Phi) is 3.92. The van der Waals surface area contributed by atoms with E-state index in [2.05, 4.69) is 29.0 Å². The van der Waals surface area contributed by atoms with Gasteiger partial charge in [0.25, 0.3) is 0 Å². The van der Waals surface area contributed by atoms with Crippen molar-refractivity contribution in [2.45, 2.75) is 36.4 Å². The molecule has 6 rings (SSSR count). The second-order valence-corrected chi connectivity index (χ2v) is 8.73. The van der Waals surface area contributed by atoms with Gasteiger partial charge in [0.1, 0.15) is 11.8 Å². The minimum Gasteiger partial charge on any atom is -0.507 e. The average molecular weight is 454 g/mol. The molecule has 1 fully saturated rings. The van der Waals surface area contributed by atoms with E-state index >= 15 is 0 Å². The first kappa shape index (κ1) is 20.5. The summed E-state index contributed by atoms with van der Waals surface area (Å²) in [4.78, 5) is 27.0. The molecule has 2 aliphatic carbocycles. The molecule has 5 atom stereocenters. The van der Waals surface area contributed by atoms with E-state index in [0.717, 1.165) is 0 Å². The Bertz CT molecular complexity index is 1500. The van der Waals surface area contributed by atoms with Gasteiger partial charge in [-0.2, -0.15) is 0 Å². The lowest BCUT2D eigenvalue weighted by atomic mass is 9.69. The molecular weight excluding hydrogens is 436 g/mol. The molecule has 2 bridgehead atoms. The molecule has 0 radical (unpaired) electrons. The van der Waals surface area contributed by atoms with Crippen molar-refractivity contribution in [3.63, 3.8) is 0 Å². The Labute approximate surface area is 194 Å². The number of epoxide rings is 1. The lowest BCUT2D eigenvalue weighted by molar-refractivity contribution is 0.0867. The number of aliphatic hydroxyl groups excluding tert-OH is 2. The van der Waals surface area contributed by atoms with E-state index in [4.69, 9.17) is 10.5 Å². The number of carbonyl (C=O) groups excluding carboxylic acids is 2. The van der Waals surface area contributed by atoms with Crippen LogP contribution in [0.1, 0.15) is 44.3 Å². The largest absolute Gasteiger partial charge is 0.507 e. The quantitative estimate of drug-likeness (QED) is 0.157. The van der Waals surface area contributed by atoms with Gasteiger partial charge in [0, 0.05) is 22.4 Å². The highest BCUT2D eigenvalue weighted by atomic mass is 16.7. The highest BCUT2D eigenvalue weighted by Crippen LogP contribution is 2.67. The van der Waals surface area contributed by atoms with Crippen LogP contribution in [0, 0.1) is 23.7 Å². The summed E-state index contributed by atoms with van der Waals surface area (Å²) in [6, 6.07) is 4.82. The van der Waals surface area contributed by atoms with Crippen LogP contribution in [0.3, 0.4) is 0 Å². The fourth-order valence-corrected chi connectivity index (χ4v) is 5.46. The van der Waals surface area contributed by atoms with Crippen LogP contribution in [0.25, 0.3) is 0 Å². The molecule has 2 aliphatic heterocycles. The molecule has 8 nitrogen and oxygen atoms in total. The molecule has 5 unspecified atom stereocenters. The zero-order chi connectivity index (χ0) is 24.0. The number of aromatic hydroxyl groups is 1. The van der Waals surface area contributed by atoms with E-state index in [-0.39, 0.29) is 33.5 Å². The van der Waals surface area contributed by atoms with Crippen LogP contribution in [0.2, 0.25) is 0 Å². The van der Waals surface area contributed by atoms with Gasteiger partial charge in [0.15, 0.2) is 28.9 Å². The first-order valence-electron chi connectivity index (χ1n) is 10.6. The summed E-state index contributed by atoms with van der Waals surface area (Å²) >= 11 is 0. The topological polar surface area (TPSA) is 145 Å². The number of hydrogen-bond donors (Lipinski definition) is 5. The zero-order valence-corrected chi connectivity index (χ0v) is 17.8. The molecule has 2 aromatic rings. The first-order valence-corrected chi connectivity index (χ1v) is 10.6. The molecule has 2 aromatic carbocycles. The second-order valence-electron chi connectivity index (χ2n) is 8.73. The molecule has 8 heteroatoms. The van der Waals surface area contributed by atoms with E-state index in [1.807, 2.05) is 0 Å². The zero-order valence-electron chi connectivity index (χ0n) is 17.8. The standard InChI is InChI=1S/C26H18N2O6/c1-12(29)25-18-6-4-2-3-5-7-19(31)26(25,34-25)16-11-17(30)20-21(22(16)28-18)23(32)14-9-8-13(27)10-15(14)24(20)33/h2-3,8-12,18-19,28-31H,27H2,1H3. The molecule has 2 heterocycles. The number of fused-ring (bicyclic) bond motifs is 4. The van der Waals surface area contributed by atoms with Crippen LogP contribution in [0.15, 0.2) is 36.4 Å². The molecule has 0 amide bonds. The number of nitrogens with one attached hydrogen (secondary N) is 1. The Morgan fingerprint density at radius 3 is 2.53 bits per heavy atom. The van der Waals surface area contributed by atoms with Gasteiger partial charge < -0.3 is 31.1 Å². The summed E-state index contributed by atoms with van der Waals surface area (Å²) < 4.78 is 6.12. The second kappa shape index (κ2) is 6.49. The highest BCUT2D eigenvalue weighted by molar-refractivity contribution is 6.31. The monoisotopic (exact) mass is 454 g/mol. The van der Waals surface area contributed by atoms with Gasteiger partial charge in [0.05, 0.1) is 22.9 Å². The SMILES string of the molecule is CC(O)C12OC13c1cc(O)c4c(c1NC2C#CC=CC#CC3O)C(=O)c1ccc(N)cc1C4=O. The van der Waals surface area contributed by atoms with Crippen molar-refractivity contribution in [3.8, 4) is 29.4 Å². The lowest BCUT2D eigenvalue weighted by Crippen LogP contribution is -2.54. The van der Waals surface area contributed by atoms with Crippen molar-refractivity contribution in [3.05, 3.63) is 64.2 Å². The molecule has 6 N–H and O–H groups in total. The van der Waals surface area contributed by atoms with Crippen LogP contribution in [0.4, 0.5) is 11.4 Å². The van der Waals surface area contributed by atoms with E-state index in [9.17, 15) is 24.9 Å². The van der Waals surface area contributed by atoms with Crippen molar-refractivity contribution in [2.75, 3.05) is 11.1 Å². The third-order valence-electron chi connectivity index (χ3n) is 6.98. The maximum atomic E-state index is 13.6. The number of anilines is 2. The Balaban J connectivity index is 1.68. The van der Waals surface area contributed by atoms with Crippen LogP contribution in [-0.2, 0) is 10.3 Å².